The third kappa shape index (κ3) is 4.62. The van der Waals surface area contributed by atoms with Gasteiger partial charge in [0, 0.05) is 11.7 Å². The number of thioether (sulfide) groups is 1. The van der Waals surface area contributed by atoms with E-state index >= 15 is 0 Å². The summed E-state index contributed by atoms with van der Waals surface area (Å²) in [6.45, 7) is 2.55. The number of rotatable bonds is 7. The third-order valence-electron chi connectivity index (χ3n) is 4.87. The lowest BCUT2D eigenvalue weighted by atomic mass is 10.2. The smallest absolute Gasteiger partial charge is 0.230 e. The molecule has 0 saturated carbocycles. The maximum atomic E-state index is 12.4. The van der Waals surface area contributed by atoms with Gasteiger partial charge in [0.1, 0.15) is 5.75 Å². The number of amides is 1. The summed E-state index contributed by atoms with van der Waals surface area (Å²) in [5.74, 6) is 0.932. The number of para-hydroxylation sites is 2. The second-order valence-electron chi connectivity index (χ2n) is 7.10. The number of ether oxygens (including phenoxy) is 1. The molecular weight excluding hydrogens is 422 g/mol. The monoisotopic (exact) mass is 445 g/mol. The Bertz CT molecular complexity index is 1160. The Balaban J connectivity index is 1.53. The molecule has 2 aromatic carbocycles. The van der Waals surface area contributed by atoms with Crippen LogP contribution in [0.2, 0.25) is 0 Å². The van der Waals surface area contributed by atoms with Crippen molar-refractivity contribution in [3.05, 3.63) is 48.5 Å². The molecule has 0 spiro atoms. The largest absolute Gasteiger partial charge is 0.494 e. The van der Waals surface area contributed by atoms with Crippen LogP contribution in [-0.4, -0.2) is 53.8 Å². The van der Waals surface area contributed by atoms with E-state index in [4.69, 9.17) is 9.72 Å². The summed E-state index contributed by atoms with van der Waals surface area (Å²) in [5.41, 5.74) is 2.72. The first-order chi connectivity index (χ1) is 14.4. The van der Waals surface area contributed by atoms with E-state index in [1.807, 2.05) is 60.0 Å². The molecule has 1 amide bonds. The molecule has 1 aromatic heterocycles. The van der Waals surface area contributed by atoms with E-state index in [0.29, 0.717) is 18.2 Å². The van der Waals surface area contributed by atoms with E-state index in [0.717, 1.165) is 22.5 Å². The average molecular weight is 446 g/mol. The summed E-state index contributed by atoms with van der Waals surface area (Å²) in [6, 6.07) is 15.3. The second-order valence-corrected chi connectivity index (χ2v) is 10.3. The molecular formula is C21H23N3O4S2. The van der Waals surface area contributed by atoms with Gasteiger partial charge in [0.05, 0.1) is 34.9 Å². The Kier molecular flexibility index (Phi) is 6.01. The maximum absolute atomic E-state index is 12.4. The predicted molar refractivity (Wildman–Crippen MR) is 118 cm³/mol. The zero-order valence-electron chi connectivity index (χ0n) is 16.6. The fourth-order valence-corrected chi connectivity index (χ4v) is 6.03. The molecule has 7 nitrogen and oxygen atoms in total. The maximum Gasteiger partial charge on any atom is 0.230 e. The average Bonchev–Trinajstić information content (AvgIpc) is 3.26. The van der Waals surface area contributed by atoms with Gasteiger partial charge < -0.3 is 10.1 Å². The topological polar surface area (TPSA) is 90.3 Å². The van der Waals surface area contributed by atoms with Crippen LogP contribution in [0.3, 0.4) is 0 Å². The first-order valence-corrected chi connectivity index (χ1v) is 12.6. The van der Waals surface area contributed by atoms with Gasteiger partial charge in [0.25, 0.3) is 0 Å². The molecule has 1 aliphatic heterocycles. The van der Waals surface area contributed by atoms with Gasteiger partial charge in [-0.2, -0.15) is 0 Å². The molecule has 0 radical (unpaired) electrons. The molecule has 1 fully saturated rings. The third-order valence-corrected chi connectivity index (χ3v) is 7.57. The lowest BCUT2D eigenvalue weighted by Gasteiger charge is -2.12. The lowest BCUT2D eigenvalue weighted by Crippen LogP contribution is -2.36. The van der Waals surface area contributed by atoms with Crippen molar-refractivity contribution >= 4 is 38.5 Å². The quantitative estimate of drug-likeness (QED) is 0.563. The van der Waals surface area contributed by atoms with Gasteiger partial charge >= 0.3 is 0 Å². The molecule has 9 heteroatoms. The van der Waals surface area contributed by atoms with E-state index in [-0.39, 0.29) is 29.2 Å². The standard InChI is InChI=1S/C21H23N3O4S2/c1-2-28-17-9-7-16(8-10-17)24-19-6-4-3-5-18(19)23-21(24)29-13-20(25)22-15-11-12-30(26,27)14-15/h3-10,15H,2,11-14H2,1H3,(H,22,25)/t15-/m1/s1. The minimum Gasteiger partial charge on any atom is -0.494 e. The molecule has 4 rings (SSSR count). The van der Waals surface area contributed by atoms with Crippen molar-refractivity contribution < 1.29 is 17.9 Å². The zero-order chi connectivity index (χ0) is 21.1. The van der Waals surface area contributed by atoms with Gasteiger partial charge in [-0.1, -0.05) is 23.9 Å². The van der Waals surface area contributed by atoms with E-state index in [1.165, 1.54) is 11.8 Å². The molecule has 1 saturated heterocycles. The minimum absolute atomic E-state index is 0.0219. The van der Waals surface area contributed by atoms with Crippen LogP contribution in [0, 0.1) is 0 Å². The van der Waals surface area contributed by atoms with Crippen molar-refractivity contribution in [2.24, 2.45) is 0 Å². The van der Waals surface area contributed by atoms with Crippen molar-refractivity contribution in [3.63, 3.8) is 0 Å². The molecule has 30 heavy (non-hydrogen) atoms. The summed E-state index contributed by atoms with van der Waals surface area (Å²) >= 11 is 1.33. The van der Waals surface area contributed by atoms with E-state index in [9.17, 15) is 13.2 Å². The fraction of sp³-hybridized carbons (Fsp3) is 0.333. The Labute approximate surface area is 179 Å². The van der Waals surface area contributed by atoms with Crippen LogP contribution >= 0.6 is 11.8 Å². The normalized spacial score (nSPS) is 17.8. The molecule has 1 aliphatic rings. The van der Waals surface area contributed by atoms with Crippen molar-refractivity contribution in [1.29, 1.82) is 0 Å². The summed E-state index contributed by atoms with van der Waals surface area (Å²) in [5, 5.41) is 3.53. The second kappa shape index (κ2) is 8.69. The number of fused-ring (bicyclic) bond motifs is 1. The highest BCUT2D eigenvalue weighted by Gasteiger charge is 2.29. The molecule has 2 heterocycles. The van der Waals surface area contributed by atoms with Crippen molar-refractivity contribution in [3.8, 4) is 11.4 Å². The van der Waals surface area contributed by atoms with Crippen LogP contribution in [0.25, 0.3) is 16.7 Å². The summed E-state index contributed by atoms with van der Waals surface area (Å²) < 4.78 is 30.7. The number of benzene rings is 2. The highest BCUT2D eigenvalue weighted by molar-refractivity contribution is 7.99. The van der Waals surface area contributed by atoms with E-state index < -0.39 is 9.84 Å². The minimum atomic E-state index is -3.02. The summed E-state index contributed by atoms with van der Waals surface area (Å²) in [7, 11) is -3.02. The number of carbonyl (C=O) groups excluding carboxylic acids is 1. The van der Waals surface area contributed by atoms with Crippen LogP contribution in [0.1, 0.15) is 13.3 Å². The molecule has 158 valence electrons. The molecule has 0 bridgehead atoms. The van der Waals surface area contributed by atoms with Gasteiger partial charge in [-0.15, -0.1) is 0 Å². The van der Waals surface area contributed by atoms with Gasteiger partial charge in [0.15, 0.2) is 15.0 Å². The summed E-state index contributed by atoms with van der Waals surface area (Å²) in [6.07, 6.45) is 0.476. The Hall–Kier alpha value is -2.52. The Morgan fingerprint density at radius 3 is 2.70 bits per heavy atom. The lowest BCUT2D eigenvalue weighted by molar-refractivity contribution is -0.119. The molecule has 3 aromatic rings. The van der Waals surface area contributed by atoms with Crippen LogP contribution in [-0.2, 0) is 14.6 Å². The Morgan fingerprint density at radius 1 is 1.23 bits per heavy atom. The number of carbonyl (C=O) groups is 1. The number of nitrogens with zero attached hydrogens (tertiary/aromatic N) is 2. The van der Waals surface area contributed by atoms with Crippen LogP contribution in [0.5, 0.6) is 5.75 Å². The van der Waals surface area contributed by atoms with Crippen molar-refractivity contribution in [1.82, 2.24) is 14.9 Å². The fourth-order valence-electron chi connectivity index (χ4n) is 3.52. The van der Waals surface area contributed by atoms with E-state index in [2.05, 4.69) is 5.32 Å². The number of nitrogens with one attached hydrogen (secondary N) is 1. The SMILES string of the molecule is CCOc1ccc(-n2c(SCC(=O)N[C@@H]3CCS(=O)(=O)C3)nc3ccccc32)cc1. The van der Waals surface area contributed by atoms with Gasteiger partial charge in [-0.25, -0.2) is 13.4 Å². The number of sulfone groups is 1. The first-order valence-electron chi connectivity index (χ1n) is 9.78. The number of hydrogen-bond acceptors (Lipinski definition) is 6. The predicted octanol–water partition coefficient (Wildman–Crippen LogP) is 2.82. The zero-order valence-corrected chi connectivity index (χ0v) is 18.2. The highest BCUT2D eigenvalue weighted by atomic mass is 32.2. The molecule has 1 atom stereocenters. The van der Waals surface area contributed by atoms with Crippen LogP contribution in [0.4, 0.5) is 0 Å². The first kappa shape index (κ1) is 20.7. The molecule has 0 unspecified atom stereocenters. The van der Waals surface area contributed by atoms with Gasteiger partial charge in [-0.05, 0) is 49.7 Å². The Morgan fingerprint density at radius 2 is 2.00 bits per heavy atom. The summed E-state index contributed by atoms with van der Waals surface area (Å²) in [4.78, 5) is 17.1. The van der Waals surface area contributed by atoms with Crippen LogP contribution in [0.15, 0.2) is 53.7 Å². The van der Waals surface area contributed by atoms with Gasteiger partial charge in [-0.3, -0.25) is 9.36 Å². The number of aromatic nitrogens is 2. The van der Waals surface area contributed by atoms with Gasteiger partial charge in [0.2, 0.25) is 5.91 Å². The number of imidazole rings is 1. The van der Waals surface area contributed by atoms with E-state index in [1.54, 1.807) is 0 Å². The molecule has 1 N–H and O–H groups in total. The van der Waals surface area contributed by atoms with Crippen LogP contribution < -0.4 is 10.1 Å². The van der Waals surface area contributed by atoms with Crippen molar-refractivity contribution in [2.45, 2.75) is 24.5 Å². The number of hydrogen-bond donors (Lipinski definition) is 1. The van der Waals surface area contributed by atoms with Crippen molar-refractivity contribution in [2.75, 3.05) is 23.9 Å². The highest BCUT2D eigenvalue weighted by Crippen LogP contribution is 2.29. The molecule has 0 aliphatic carbocycles.